The third kappa shape index (κ3) is 33.1. The number of unbranched alkanes of at least 4 members (excludes halogenated alkanes) is 2. The number of Topliss-reactive ketones (excluding diaryl/α,β-unsaturated/α-hetero) is 11. The van der Waals surface area contributed by atoms with Crippen LogP contribution in [0, 0.1) is 0 Å². The lowest BCUT2D eigenvalue weighted by molar-refractivity contribution is 0.0516. The molecule has 102 heavy (non-hydrogen) atoms. The highest BCUT2D eigenvalue weighted by atomic mass is 16.5. The predicted molar refractivity (Wildman–Crippen MR) is 382 cm³/mol. The number of aliphatic hydroxyl groups is 3. The van der Waals surface area contributed by atoms with Gasteiger partial charge in [-0.15, -0.1) is 0 Å². The van der Waals surface area contributed by atoms with Gasteiger partial charge in [0.1, 0.15) is 0 Å². The Labute approximate surface area is 595 Å². The maximum Gasteiger partial charge on any atom is 0.338 e. The Bertz CT molecular complexity index is 3310. The minimum atomic E-state index is -1.20. The number of hydrogen-bond acceptors (Lipinski definition) is 23. The zero-order chi connectivity index (χ0) is 77.0. The molecule has 8 N–H and O–H groups in total. The van der Waals surface area contributed by atoms with Gasteiger partial charge in [0, 0.05) is 126 Å². The number of aromatic carboxylic acids is 1. The van der Waals surface area contributed by atoms with Crippen molar-refractivity contribution in [3.63, 3.8) is 0 Å². The average molecular weight is 1420 g/mol. The van der Waals surface area contributed by atoms with Gasteiger partial charge < -0.3 is 46.1 Å². The normalized spacial score (nSPS) is 10.3. The molecule has 5 aromatic carbocycles. The fourth-order valence-electron chi connectivity index (χ4n) is 9.13. The van der Waals surface area contributed by atoms with E-state index in [0.717, 1.165) is 25.7 Å². The van der Waals surface area contributed by atoms with Crippen molar-refractivity contribution >= 4 is 87.5 Å². The average Bonchev–Trinajstić information content (AvgIpc) is 0.965. The van der Waals surface area contributed by atoms with Gasteiger partial charge in [-0.3, -0.25) is 52.7 Å². The molecule has 0 atom stereocenters. The largest absolute Gasteiger partial charge is 0.478 e. The molecule has 0 amide bonds. The van der Waals surface area contributed by atoms with Crippen LogP contribution in [0.4, 0.5) is 0 Å². The van der Waals surface area contributed by atoms with Gasteiger partial charge in [-0.05, 0) is 197 Å². The van der Waals surface area contributed by atoms with Gasteiger partial charge in [0.2, 0.25) is 0 Å². The summed E-state index contributed by atoms with van der Waals surface area (Å²) in [5.74, 6) is -4.73. The van der Waals surface area contributed by atoms with Crippen molar-refractivity contribution in [2.45, 2.75) is 165 Å². The summed E-state index contributed by atoms with van der Waals surface area (Å²) >= 11 is 0. The van der Waals surface area contributed by atoms with Crippen molar-refractivity contribution in [2.75, 3.05) is 52.7 Å². The number of nitrogens with two attached hydrogens (primary N) is 2. The molecule has 24 heteroatoms. The molecule has 0 bridgehead atoms. The lowest BCUT2D eigenvalue weighted by atomic mass is 9.94. The number of esters is 3. The summed E-state index contributed by atoms with van der Waals surface area (Å²) in [7, 11) is 0. The minimum Gasteiger partial charge on any atom is -0.478 e. The molecule has 0 unspecified atom stereocenters. The SMILES string of the molecule is CCCCC(=O)c1cc(C(=O)CCCC)cc(C(=O)CCCO)c1.CCOC(=O)c1cc(C(C)=O)cc(C(=O)CCCO)c1.CCOC(=O)c1cc(C(C)=O)cc(C(=O)O)c1.CCOC(=O)c1cc(C(C)=O)cc(C(C)=O)c1.NCCCC(=O)c1cc(C(=O)CCCN)cc(C(=O)CCCO)c1. The van der Waals surface area contributed by atoms with E-state index in [1.54, 1.807) is 45.0 Å². The Morgan fingerprint density at radius 2 is 0.451 bits per heavy atom. The van der Waals surface area contributed by atoms with Crippen LogP contribution in [-0.4, -0.2) is 161 Å². The molecule has 0 aliphatic rings. The second-order valence-electron chi connectivity index (χ2n) is 23.1. The number of carboxylic acid groups (broad SMARTS) is 1. The number of benzene rings is 5. The first-order valence-corrected chi connectivity index (χ1v) is 33.9. The molecule has 0 aromatic heterocycles. The van der Waals surface area contributed by atoms with Crippen LogP contribution in [0.1, 0.15) is 320 Å². The van der Waals surface area contributed by atoms with Crippen LogP contribution in [-0.2, 0) is 14.2 Å². The summed E-state index contributed by atoms with van der Waals surface area (Å²) in [5.41, 5.74) is 15.0. The fraction of sp³-hybridized carbons (Fsp3) is 0.423. The molecule has 0 heterocycles. The van der Waals surface area contributed by atoms with E-state index in [-0.39, 0.29) is 169 Å². The number of ether oxygens (including phenoxy) is 3. The van der Waals surface area contributed by atoms with E-state index in [1.165, 1.54) is 94.4 Å². The molecule has 5 aromatic rings. The number of aliphatic hydroxyl groups excluding tert-OH is 3. The summed E-state index contributed by atoms with van der Waals surface area (Å²) in [5, 5.41) is 35.3. The molecule has 552 valence electrons. The molecule has 0 spiro atoms. The third-order valence-corrected chi connectivity index (χ3v) is 14.7. The monoisotopic (exact) mass is 1410 g/mol. The number of carbonyl (C=O) groups is 15. The van der Waals surface area contributed by atoms with Crippen LogP contribution in [0.2, 0.25) is 0 Å². The maximum atomic E-state index is 12.3. The number of ketones is 11. The molecule has 0 radical (unpaired) electrons. The smallest absolute Gasteiger partial charge is 0.338 e. The van der Waals surface area contributed by atoms with Crippen LogP contribution >= 0.6 is 0 Å². The first kappa shape index (κ1) is 90.2. The number of hydrogen-bond donors (Lipinski definition) is 6. The molecular weight excluding hydrogens is 1320 g/mol. The molecule has 24 nitrogen and oxygen atoms in total. The van der Waals surface area contributed by atoms with Gasteiger partial charge in [-0.2, -0.15) is 0 Å². The van der Waals surface area contributed by atoms with Crippen LogP contribution in [0.3, 0.4) is 0 Å². The minimum absolute atomic E-state index is 0.0294. The predicted octanol–water partition coefficient (Wildman–Crippen LogP) is 11.9. The van der Waals surface area contributed by atoms with E-state index in [2.05, 4.69) is 0 Å². The summed E-state index contributed by atoms with van der Waals surface area (Å²) in [6, 6.07) is 21.8. The molecule has 0 saturated heterocycles. The lowest BCUT2D eigenvalue weighted by Crippen LogP contribution is -2.11. The van der Waals surface area contributed by atoms with Gasteiger partial charge >= 0.3 is 23.9 Å². The number of carboxylic acids is 1. The van der Waals surface area contributed by atoms with Crippen LogP contribution in [0.15, 0.2) is 91.0 Å². The molecule has 0 saturated carbocycles. The summed E-state index contributed by atoms with van der Waals surface area (Å²) in [4.78, 5) is 176. The second kappa shape index (κ2) is 49.6. The van der Waals surface area contributed by atoms with Crippen molar-refractivity contribution < 1.29 is 107 Å². The zero-order valence-corrected chi connectivity index (χ0v) is 59.9. The zero-order valence-electron chi connectivity index (χ0n) is 59.9. The highest BCUT2D eigenvalue weighted by Gasteiger charge is 2.21. The molecule has 0 aliphatic heterocycles. The fourth-order valence-corrected chi connectivity index (χ4v) is 9.13. The third-order valence-electron chi connectivity index (χ3n) is 14.7. The highest BCUT2D eigenvalue weighted by molar-refractivity contribution is 6.09. The Morgan fingerprint density at radius 3 is 0.647 bits per heavy atom. The molecule has 0 aliphatic carbocycles. The summed E-state index contributed by atoms with van der Waals surface area (Å²) in [6.45, 7) is 15.7. The van der Waals surface area contributed by atoms with E-state index in [0.29, 0.717) is 108 Å². The Hall–Kier alpha value is -9.85. The van der Waals surface area contributed by atoms with Crippen molar-refractivity contribution in [1.29, 1.82) is 0 Å². The molecular formula is C78H98N2O22. The topological polar surface area (TPSA) is 417 Å². The van der Waals surface area contributed by atoms with Gasteiger partial charge in [0.25, 0.3) is 0 Å². The highest BCUT2D eigenvalue weighted by Crippen LogP contribution is 2.22. The quantitative estimate of drug-likeness (QED) is 0.0121. The Morgan fingerprint density at radius 1 is 0.275 bits per heavy atom. The molecule has 0 fully saturated rings. The van der Waals surface area contributed by atoms with E-state index < -0.39 is 23.9 Å². The van der Waals surface area contributed by atoms with Crippen molar-refractivity contribution in [3.05, 3.63) is 174 Å². The van der Waals surface area contributed by atoms with Crippen LogP contribution in [0.25, 0.3) is 0 Å². The number of carbonyl (C=O) groups excluding carboxylic acids is 14. The van der Waals surface area contributed by atoms with Gasteiger partial charge in [-0.1, -0.05) is 26.7 Å². The van der Waals surface area contributed by atoms with E-state index in [4.69, 9.17) is 46.1 Å². The number of rotatable bonds is 39. The standard InChI is InChI=1S/C20H28O4.C18H26N2O4.C15H18O5.C13H14O4.C12H12O5/c1-3-5-8-18(22)15-12-16(19(23)9-6-4-2)14-17(13-15)20(24)10-7-11-21;19-7-1-4-16(22)13-10-14(17(23)5-2-8-20)12-15(11-13)18(24)6-3-9-21;1-3-20-15(19)13-8-11(10(2)17)7-12(9-13)14(18)5-4-6-16;1-4-17-13(16)12-6-10(8(2)14)5-11(7-12)9(3)15;1-3-17-12(16)10-5-8(7(2)13)4-9(6-10)11(14)15/h12-14,21H,3-11H2,1-2H3;10-12,21H,1-9,19-20H2;7-9,16H,3-6H2,1-2H3;5-7H,4H2,1-3H3;4-6H,3H2,1-2H3,(H,14,15). The van der Waals surface area contributed by atoms with Gasteiger partial charge in [-0.25, -0.2) is 19.2 Å². The van der Waals surface area contributed by atoms with Crippen LogP contribution < -0.4 is 11.5 Å². The summed E-state index contributed by atoms with van der Waals surface area (Å²) < 4.78 is 14.5. The Balaban J connectivity index is 0.000000642. The van der Waals surface area contributed by atoms with Crippen molar-refractivity contribution in [3.8, 4) is 0 Å². The first-order chi connectivity index (χ1) is 48.4. The second-order valence-corrected chi connectivity index (χ2v) is 23.1. The lowest BCUT2D eigenvalue weighted by Gasteiger charge is -2.09. The van der Waals surface area contributed by atoms with Gasteiger partial charge in [0.05, 0.1) is 42.1 Å². The summed E-state index contributed by atoms with van der Waals surface area (Å²) in [6.07, 6.45) is 7.57. The van der Waals surface area contributed by atoms with Gasteiger partial charge in [0.15, 0.2) is 63.6 Å². The maximum absolute atomic E-state index is 12.3. The van der Waals surface area contributed by atoms with Crippen LogP contribution in [0.5, 0.6) is 0 Å². The van der Waals surface area contributed by atoms with E-state index in [1.807, 2.05) is 13.8 Å². The van der Waals surface area contributed by atoms with Crippen molar-refractivity contribution in [1.82, 2.24) is 0 Å². The first-order valence-electron chi connectivity index (χ1n) is 33.9. The molecule has 5 rings (SSSR count). The van der Waals surface area contributed by atoms with E-state index in [9.17, 15) is 71.9 Å². The Kier molecular flexibility index (Phi) is 43.9. The van der Waals surface area contributed by atoms with Crippen molar-refractivity contribution in [2.24, 2.45) is 11.5 Å². The van der Waals surface area contributed by atoms with E-state index >= 15 is 0 Å².